The first-order valence-electron chi connectivity index (χ1n) is 5.90. The van der Waals surface area contributed by atoms with Crippen LogP contribution in [0.25, 0.3) is 10.8 Å². The lowest BCUT2D eigenvalue weighted by Gasteiger charge is -2.28. The topological polar surface area (TPSA) is 18.5 Å². The van der Waals surface area contributed by atoms with Crippen molar-refractivity contribution in [2.75, 3.05) is 7.11 Å². The number of fused-ring (bicyclic) bond motifs is 1. The molecule has 0 radical (unpaired) electrons. The van der Waals surface area contributed by atoms with Gasteiger partial charge >= 0.3 is 0 Å². The lowest BCUT2D eigenvalue weighted by Crippen LogP contribution is -2.33. The van der Waals surface area contributed by atoms with E-state index in [1.165, 1.54) is 5.39 Å². The van der Waals surface area contributed by atoms with Crippen LogP contribution in [0.5, 0.6) is 5.75 Å². The third kappa shape index (κ3) is 2.42. The van der Waals surface area contributed by atoms with Crippen molar-refractivity contribution in [3.63, 3.8) is 0 Å². The Balaban J connectivity index is 2.42. The largest absolute Gasteiger partial charge is 0.462 e. The van der Waals surface area contributed by atoms with E-state index in [2.05, 4.69) is 25.1 Å². The van der Waals surface area contributed by atoms with Crippen molar-refractivity contribution in [1.29, 1.82) is 0 Å². The van der Waals surface area contributed by atoms with Crippen LogP contribution in [0.3, 0.4) is 0 Å². The molecule has 0 aliphatic heterocycles. The summed E-state index contributed by atoms with van der Waals surface area (Å²) in [6.07, 6.45) is 0.798. The SMILES string of the molecule is CCC(C)(OC)Oc1cccc2ccccc12. The molecule has 2 nitrogen and oxygen atoms in total. The fourth-order valence-electron chi connectivity index (χ4n) is 1.78. The van der Waals surface area contributed by atoms with Gasteiger partial charge in [0.2, 0.25) is 5.79 Å². The van der Waals surface area contributed by atoms with Gasteiger partial charge in [-0.15, -0.1) is 0 Å². The minimum atomic E-state index is -0.565. The molecule has 2 rings (SSSR count). The van der Waals surface area contributed by atoms with Gasteiger partial charge in [-0.3, -0.25) is 0 Å². The van der Waals surface area contributed by atoms with Crippen LogP contribution in [0.1, 0.15) is 20.3 Å². The third-order valence-corrected chi connectivity index (χ3v) is 3.15. The van der Waals surface area contributed by atoms with Gasteiger partial charge in [0.15, 0.2) is 0 Å². The normalized spacial score (nSPS) is 14.5. The van der Waals surface area contributed by atoms with Gasteiger partial charge in [-0.05, 0) is 11.5 Å². The number of hydrogen-bond donors (Lipinski definition) is 0. The van der Waals surface area contributed by atoms with E-state index in [-0.39, 0.29) is 0 Å². The average molecular weight is 230 g/mol. The maximum absolute atomic E-state index is 5.99. The lowest BCUT2D eigenvalue weighted by atomic mass is 10.1. The molecule has 0 aliphatic rings. The van der Waals surface area contributed by atoms with Crippen molar-refractivity contribution in [1.82, 2.24) is 0 Å². The summed E-state index contributed by atoms with van der Waals surface area (Å²) in [4.78, 5) is 0. The number of methoxy groups -OCH3 is 1. The Hall–Kier alpha value is -1.54. The summed E-state index contributed by atoms with van der Waals surface area (Å²) in [6.45, 7) is 4.00. The summed E-state index contributed by atoms with van der Waals surface area (Å²) in [5, 5.41) is 2.30. The van der Waals surface area contributed by atoms with Crippen LogP contribution in [0, 0.1) is 0 Å². The standard InChI is InChI=1S/C15H18O2/c1-4-15(2,16-3)17-14-11-7-9-12-8-5-6-10-13(12)14/h5-11H,4H2,1-3H3. The molecule has 0 spiro atoms. The summed E-state index contributed by atoms with van der Waals surface area (Å²) >= 11 is 0. The van der Waals surface area contributed by atoms with Crippen LogP contribution in [0.15, 0.2) is 42.5 Å². The molecule has 0 heterocycles. The molecule has 0 fully saturated rings. The molecule has 1 atom stereocenters. The van der Waals surface area contributed by atoms with E-state index in [4.69, 9.17) is 9.47 Å². The first-order chi connectivity index (χ1) is 8.18. The molecule has 90 valence electrons. The molecule has 2 aromatic carbocycles. The van der Waals surface area contributed by atoms with Crippen LogP contribution in [-0.2, 0) is 4.74 Å². The van der Waals surface area contributed by atoms with Crippen molar-refractivity contribution in [3.05, 3.63) is 42.5 Å². The zero-order valence-electron chi connectivity index (χ0n) is 10.6. The van der Waals surface area contributed by atoms with E-state index in [0.29, 0.717) is 0 Å². The average Bonchev–Trinajstić information content (AvgIpc) is 2.39. The van der Waals surface area contributed by atoms with Crippen molar-refractivity contribution in [2.24, 2.45) is 0 Å². The molecule has 0 saturated carbocycles. The highest BCUT2D eigenvalue weighted by molar-refractivity contribution is 5.88. The number of rotatable bonds is 4. The number of ether oxygens (including phenoxy) is 2. The van der Waals surface area contributed by atoms with Crippen molar-refractivity contribution in [2.45, 2.75) is 26.1 Å². The molecule has 2 aromatic rings. The highest BCUT2D eigenvalue weighted by atomic mass is 16.7. The number of hydrogen-bond acceptors (Lipinski definition) is 2. The highest BCUT2D eigenvalue weighted by Crippen LogP contribution is 2.29. The molecule has 0 saturated heterocycles. The van der Waals surface area contributed by atoms with E-state index in [1.54, 1.807) is 7.11 Å². The molecule has 0 aliphatic carbocycles. The van der Waals surface area contributed by atoms with E-state index in [0.717, 1.165) is 17.6 Å². The maximum atomic E-state index is 5.99. The Morgan fingerprint density at radius 3 is 2.47 bits per heavy atom. The molecule has 1 unspecified atom stereocenters. The Morgan fingerprint density at radius 1 is 1.06 bits per heavy atom. The minimum absolute atomic E-state index is 0.565. The third-order valence-electron chi connectivity index (χ3n) is 3.15. The predicted octanol–water partition coefficient (Wildman–Crippen LogP) is 3.99. The lowest BCUT2D eigenvalue weighted by molar-refractivity contribution is -0.150. The van der Waals surface area contributed by atoms with Crippen LogP contribution in [0.2, 0.25) is 0 Å². The zero-order valence-corrected chi connectivity index (χ0v) is 10.6. The van der Waals surface area contributed by atoms with Crippen LogP contribution >= 0.6 is 0 Å². The molecule has 0 bridgehead atoms. The van der Waals surface area contributed by atoms with Gasteiger partial charge in [0.05, 0.1) is 0 Å². The van der Waals surface area contributed by atoms with E-state index in [1.807, 2.05) is 31.2 Å². The Bertz CT molecular complexity index is 496. The van der Waals surface area contributed by atoms with E-state index < -0.39 is 5.79 Å². The van der Waals surface area contributed by atoms with Crippen LogP contribution in [0.4, 0.5) is 0 Å². The molecular weight excluding hydrogens is 212 g/mol. The quantitative estimate of drug-likeness (QED) is 0.739. The fraction of sp³-hybridized carbons (Fsp3) is 0.333. The Kier molecular flexibility index (Phi) is 3.34. The van der Waals surface area contributed by atoms with Gasteiger partial charge in [0, 0.05) is 25.8 Å². The van der Waals surface area contributed by atoms with E-state index >= 15 is 0 Å². The van der Waals surface area contributed by atoms with Gasteiger partial charge in [0.1, 0.15) is 5.75 Å². The van der Waals surface area contributed by atoms with Gasteiger partial charge in [-0.25, -0.2) is 0 Å². The zero-order chi connectivity index (χ0) is 12.3. The fourth-order valence-corrected chi connectivity index (χ4v) is 1.78. The maximum Gasteiger partial charge on any atom is 0.207 e. The summed E-state index contributed by atoms with van der Waals surface area (Å²) < 4.78 is 11.4. The van der Waals surface area contributed by atoms with Crippen molar-refractivity contribution in [3.8, 4) is 5.75 Å². The van der Waals surface area contributed by atoms with Gasteiger partial charge in [0.25, 0.3) is 0 Å². The second kappa shape index (κ2) is 4.76. The molecule has 2 heteroatoms. The second-order valence-electron chi connectivity index (χ2n) is 4.27. The molecule has 17 heavy (non-hydrogen) atoms. The second-order valence-corrected chi connectivity index (χ2v) is 4.27. The predicted molar refractivity (Wildman–Crippen MR) is 70.3 cm³/mol. The summed E-state index contributed by atoms with van der Waals surface area (Å²) in [5.41, 5.74) is 0. The van der Waals surface area contributed by atoms with Gasteiger partial charge in [-0.1, -0.05) is 43.3 Å². The highest BCUT2D eigenvalue weighted by Gasteiger charge is 2.23. The van der Waals surface area contributed by atoms with Gasteiger partial charge < -0.3 is 9.47 Å². The Labute approximate surface area is 102 Å². The first kappa shape index (κ1) is 11.9. The monoisotopic (exact) mass is 230 g/mol. The molecule has 0 N–H and O–H groups in total. The van der Waals surface area contributed by atoms with Crippen molar-refractivity contribution < 1.29 is 9.47 Å². The van der Waals surface area contributed by atoms with E-state index in [9.17, 15) is 0 Å². The van der Waals surface area contributed by atoms with Crippen LogP contribution in [-0.4, -0.2) is 12.9 Å². The minimum Gasteiger partial charge on any atom is -0.462 e. The molecule has 0 aromatic heterocycles. The summed E-state index contributed by atoms with van der Waals surface area (Å²) in [6, 6.07) is 14.3. The number of benzene rings is 2. The molecule has 0 amide bonds. The molecular formula is C15H18O2. The summed E-state index contributed by atoms with van der Waals surface area (Å²) in [7, 11) is 1.68. The first-order valence-corrected chi connectivity index (χ1v) is 5.90. The van der Waals surface area contributed by atoms with Gasteiger partial charge in [-0.2, -0.15) is 0 Å². The summed E-state index contributed by atoms with van der Waals surface area (Å²) in [5.74, 6) is 0.304. The van der Waals surface area contributed by atoms with Crippen molar-refractivity contribution >= 4 is 10.8 Å². The smallest absolute Gasteiger partial charge is 0.207 e. The Morgan fingerprint density at radius 2 is 1.76 bits per heavy atom. The van der Waals surface area contributed by atoms with Crippen LogP contribution < -0.4 is 4.74 Å².